The van der Waals surface area contributed by atoms with Crippen molar-refractivity contribution in [3.05, 3.63) is 76.2 Å². The van der Waals surface area contributed by atoms with Gasteiger partial charge >= 0.3 is 5.97 Å². The van der Waals surface area contributed by atoms with Gasteiger partial charge in [-0.3, -0.25) is 14.3 Å². The third kappa shape index (κ3) is 4.06. The lowest BCUT2D eigenvalue weighted by atomic mass is 10.2. The van der Waals surface area contributed by atoms with Crippen LogP contribution in [0, 0.1) is 6.92 Å². The largest absolute Gasteiger partial charge is 0.449 e. The van der Waals surface area contributed by atoms with Crippen molar-refractivity contribution in [3.8, 4) is 5.69 Å². The average Bonchev–Trinajstić information content (AvgIpc) is 2.92. The van der Waals surface area contributed by atoms with Gasteiger partial charge < -0.3 is 15.8 Å². The summed E-state index contributed by atoms with van der Waals surface area (Å²) in [7, 11) is 1.73. The van der Waals surface area contributed by atoms with E-state index in [0.29, 0.717) is 17.1 Å². The van der Waals surface area contributed by atoms with E-state index < -0.39 is 18.0 Å². The van der Waals surface area contributed by atoms with Gasteiger partial charge in [0.15, 0.2) is 6.10 Å². The number of nitrogens with two attached hydrogens (primary N) is 1. The number of carbonyl (C=O) groups is 2. The third-order valence-corrected chi connectivity index (χ3v) is 4.60. The molecule has 0 unspecified atom stereocenters. The summed E-state index contributed by atoms with van der Waals surface area (Å²) in [6.07, 6.45) is -1.09. The average molecular weight is 394 g/mol. The lowest BCUT2D eigenvalue weighted by Gasteiger charge is -2.13. The van der Waals surface area contributed by atoms with Crippen LogP contribution in [-0.4, -0.2) is 27.3 Å². The van der Waals surface area contributed by atoms with Gasteiger partial charge in [-0.15, -0.1) is 0 Å². The number of anilines is 2. The highest BCUT2D eigenvalue weighted by molar-refractivity contribution is 5.97. The minimum Gasteiger partial charge on any atom is -0.449 e. The zero-order valence-electron chi connectivity index (χ0n) is 16.4. The second-order valence-corrected chi connectivity index (χ2v) is 6.60. The quantitative estimate of drug-likeness (QED) is 0.510. The fraction of sp³-hybridized carbons (Fsp3) is 0.190. The highest BCUT2D eigenvalue weighted by Gasteiger charge is 2.23. The van der Waals surface area contributed by atoms with Crippen LogP contribution in [0.4, 0.5) is 11.4 Å². The lowest BCUT2D eigenvalue weighted by Crippen LogP contribution is -2.32. The van der Waals surface area contributed by atoms with E-state index in [4.69, 9.17) is 10.5 Å². The van der Waals surface area contributed by atoms with Gasteiger partial charge in [0.25, 0.3) is 11.5 Å². The third-order valence-electron chi connectivity index (χ3n) is 4.60. The zero-order chi connectivity index (χ0) is 21.1. The number of benzene rings is 2. The summed E-state index contributed by atoms with van der Waals surface area (Å²) in [5.74, 6) is -1.25. The van der Waals surface area contributed by atoms with Gasteiger partial charge in [-0.2, -0.15) is 0 Å². The number of esters is 1. The van der Waals surface area contributed by atoms with Crippen molar-refractivity contribution in [3.63, 3.8) is 0 Å². The summed E-state index contributed by atoms with van der Waals surface area (Å²) in [5.41, 5.74) is 7.40. The number of rotatable bonds is 5. The molecule has 0 aliphatic heterocycles. The maximum absolute atomic E-state index is 12.9. The molecule has 0 saturated carbocycles. The SMILES string of the molecule is Cc1c(NC(=O)[C@@H](C)OC(=O)c2ccc(N)cc2)c(=O)n(-c2ccccc2)n1C. The van der Waals surface area contributed by atoms with Crippen LogP contribution in [0.15, 0.2) is 59.4 Å². The minimum atomic E-state index is -1.09. The molecule has 0 bridgehead atoms. The maximum atomic E-state index is 12.9. The van der Waals surface area contributed by atoms with Gasteiger partial charge in [0.2, 0.25) is 0 Å². The molecule has 8 nitrogen and oxygen atoms in total. The number of nitrogens with zero attached hydrogens (tertiary/aromatic N) is 2. The van der Waals surface area contributed by atoms with Gasteiger partial charge in [-0.25, -0.2) is 9.48 Å². The van der Waals surface area contributed by atoms with Gasteiger partial charge in [0, 0.05) is 12.7 Å². The van der Waals surface area contributed by atoms with Crippen LogP contribution < -0.4 is 16.6 Å². The molecule has 3 rings (SSSR count). The Labute approximate surface area is 167 Å². The summed E-state index contributed by atoms with van der Waals surface area (Å²) in [6, 6.07) is 15.3. The van der Waals surface area contributed by atoms with Gasteiger partial charge in [-0.1, -0.05) is 18.2 Å². The Balaban J connectivity index is 1.77. The number of aromatic nitrogens is 2. The van der Waals surface area contributed by atoms with Crippen LogP contribution in [0.2, 0.25) is 0 Å². The first-order chi connectivity index (χ1) is 13.8. The van der Waals surface area contributed by atoms with Crippen molar-refractivity contribution in [2.45, 2.75) is 20.0 Å². The lowest BCUT2D eigenvalue weighted by molar-refractivity contribution is -0.123. The molecule has 0 spiro atoms. The predicted molar refractivity (Wildman–Crippen MR) is 110 cm³/mol. The van der Waals surface area contributed by atoms with Gasteiger partial charge in [-0.05, 0) is 50.2 Å². The molecule has 2 aromatic carbocycles. The molecular formula is C21H22N4O4. The van der Waals surface area contributed by atoms with Crippen molar-refractivity contribution < 1.29 is 14.3 Å². The van der Waals surface area contributed by atoms with E-state index in [-0.39, 0.29) is 16.8 Å². The summed E-state index contributed by atoms with van der Waals surface area (Å²) in [4.78, 5) is 37.6. The Bertz CT molecular complexity index is 1100. The summed E-state index contributed by atoms with van der Waals surface area (Å²) < 4.78 is 8.31. The highest BCUT2D eigenvalue weighted by Crippen LogP contribution is 2.15. The Morgan fingerprint density at radius 1 is 1.07 bits per heavy atom. The Morgan fingerprint density at radius 3 is 2.31 bits per heavy atom. The normalized spacial score (nSPS) is 11.7. The molecule has 8 heteroatoms. The molecule has 3 N–H and O–H groups in total. The van der Waals surface area contributed by atoms with E-state index in [1.807, 2.05) is 18.2 Å². The number of amides is 1. The van der Waals surface area contributed by atoms with Crippen LogP contribution in [0.1, 0.15) is 23.0 Å². The van der Waals surface area contributed by atoms with Crippen molar-refractivity contribution in [2.24, 2.45) is 7.05 Å². The van der Waals surface area contributed by atoms with Gasteiger partial charge in [0.1, 0.15) is 5.69 Å². The van der Waals surface area contributed by atoms with E-state index in [1.165, 1.54) is 23.7 Å². The summed E-state index contributed by atoms with van der Waals surface area (Å²) in [5, 5.41) is 2.58. The van der Waals surface area contributed by atoms with Crippen molar-refractivity contribution in [2.75, 3.05) is 11.1 Å². The molecule has 0 aliphatic rings. The van der Waals surface area contributed by atoms with Crippen LogP contribution in [0.5, 0.6) is 0 Å². The number of nitrogen functional groups attached to an aromatic ring is 1. The molecule has 1 heterocycles. The van der Waals surface area contributed by atoms with E-state index in [2.05, 4.69) is 5.32 Å². The first-order valence-corrected chi connectivity index (χ1v) is 9.01. The van der Waals surface area contributed by atoms with Crippen molar-refractivity contribution in [1.29, 1.82) is 0 Å². The zero-order valence-corrected chi connectivity index (χ0v) is 16.4. The molecule has 0 aliphatic carbocycles. The number of carbonyl (C=O) groups excluding carboxylic acids is 2. The number of ether oxygens (including phenoxy) is 1. The molecular weight excluding hydrogens is 372 g/mol. The number of nitrogens with one attached hydrogen (secondary N) is 1. The standard InChI is InChI=1S/C21H22N4O4/c1-13-18(20(27)25(24(13)3)17-7-5-4-6-8-17)23-19(26)14(2)29-21(28)15-9-11-16(22)12-10-15/h4-12,14H,22H2,1-3H3,(H,23,26)/t14-/m1/s1. The second kappa shape index (κ2) is 8.05. The number of hydrogen-bond donors (Lipinski definition) is 2. The Kier molecular flexibility index (Phi) is 5.54. The molecule has 1 amide bonds. The van der Waals surface area contributed by atoms with E-state index in [1.54, 1.807) is 42.9 Å². The summed E-state index contributed by atoms with van der Waals surface area (Å²) in [6.45, 7) is 3.17. The molecule has 150 valence electrons. The minimum absolute atomic E-state index is 0.136. The molecule has 1 aromatic heterocycles. The van der Waals surface area contributed by atoms with E-state index >= 15 is 0 Å². The van der Waals surface area contributed by atoms with E-state index in [0.717, 1.165) is 0 Å². The van der Waals surface area contributed by atoms with Crippen molar-refractivity contribution in [1.82, 2.24) is 9.36 Å². The predicted octanol–water partition coefficient (Wildman–Crippen LogP) is 2.25. The molecule has 29 heavy (non-hydrogen) atoms. The number of hydrogen-bond acceptors (Lipinski definition) is 5. The van der Waals surface area contributed by atoms with Crippen LogP contribution in [0.3, 0.4) is 0 Å². The fourth-order valence-electron chi connectivity index (χ4n) is 2.84. The van der Waals surface area contributed by atoms with Gasteiger partial charge in [0.05, 0.1) is 16.9 Å². The smallest absolute Gasteiger partial charge is 0.338 e. The molecule has 1 atom stereocenters. The monoisotopic (exact) mass is 394 g/mol. The van der Waals surface area contributed by atoms with Crippen LogP contribution >= 0.6 is 0 Å². The Hall–Kier alpha value is -3.81. The fourth-order valence-corrected chi connectivity index (χ4v) is 2.84. The Morgan fingerprint density at radius 2 is 1.69 bits per heavy atom. The topological polar surface area (TPSA) is 108 Å². The summed E-state index contributed by atoms with van der Waals surface area (Å²) >= 11 is 0. The molecule has 0 fully saturated rings. The molecule has 3 aromatic rings. The highest BCUT2D eigenvalue weighted by atomic mass is 16.5. The van der Waals surface area contributed by atoms with Crippen molar-refractivity contribution >= 4 is 23.3 Å². The van der Waals surface area contributed by atoms with E-state index in [9.17, 15) is 14.4 Å². The second-order valence-electron chi connectivity index (χ2n) is 6.60. The molecule has 0 radical (unpaired) electrons. The molecule has 0 saturated heterocycles. The maximum Gasteiger partial charge on any atom is 0.338 e. The number of para-hydroxylation sites is 1. The first-order valence-electron chi connectivity index (χ1n) is 9.01. The first kappa shape index (κ1) is 19.9. The van der Waals surface area contributed by atoms with Crippen LogP contribution in [0.25, 0.3) is 5.69 Å². The van der Waals surface area contributed by atoms with Crippen LogP contribution in [-0.2, 0) is 16.6 Å².